The van der Waals surface area contributed by atoms with Gasteiger partial charge in [-0.15, -0.1) is 20.4 Å². The molecule has 10 heteroatoms. The number of carbonyl (C=O) groups excluding carboxylic acids is 1. The lowest BCUT2D eigenvalue weighted by Crippen LogP contribution is -2.23. The molecule has 0 radical (unpaired) electrons. The third-order valence-electron chi connectivity index (χ3n) is 1.63. The highest BCUT2D eigenvalue weighted by atomic mass is 32.1. The van der Waals surface area contributed by atoms with Crippen molar-refractivity contribution < 1.29 is 4.79 Å². The number of amides is 1. The number of tetrazole rings is 1. The Balaban J connectivity index is 1.93. The smallest absolute Gasteiger partial charge is 0.282 e. The molecule has 2 rings (SSSR count). The van der Waals surface area contributed by atoms with Crippen molar-refractivity contribution in [2.45, 2.75) is 6.54 Å². The number of nitrogens with one attached hydrogen (secondary N) is 3. The van der Waals surface area contributed by atoms with E-state index in [1.807, 2.05) is 0 Å². The molecule has 1 amide bonds. The highest BCUT2D eigenvalue weighted by molar-refractivity contribution is 7.17. The van der Waals surface area contributed by atoms with Crippen LogP contribution in [-0.2, 0) is 6.54 Å². The number of aromatic amines is 1. The predicted molar refractivity (Wildman–Crippen MR) is 54.8 cm³/mol. The van der Waals surface area contributed by atoms with Gasteiger partial charge in [-0.1, -0.05) is 16.6 Å². The molecule has 0 aliphatic rings. The summed E-state index contributed by atoms with van der Waals surface area (Å²) < 4.78 is 0. The molecule has 3 N–H and O–H groups in total. The van der Waals surface area contributed by atoms with Gasteiger partial charge in [0.1, 0.15) is 0 Å². The fraction of sp³-hybridized carbons (Fsp3) is 0.333. The van der Waals surface area contributed by atoms with E-state index >= 15 is 0 Å². The van der Waals surface area contributed by atoms with Gasteiger partial charge < -0.3 is 10.6 Å². The average Bonchev–Trinajstić information content (AvgIpc) is 2.96. The molecule has 9 nitrogen and oxygen atoms in total. The summed E-state index contributed by atoms with van der Waals surface area (Å²) in [6.45, 7) is 0.198. The number of nitrogens with zero attached hydrogens (tertiary/aromatic N) is 5. The summed E-state index contributed by atoms with van der Waals surface area (Å²) in [5.74, 6) is 0.0931. The summed E-state index contributed by atoms with van der Waals surface area (Å²) in [6, 6.07) is 0. The van der Waals surface area contributed by atoms with Gasteiger partial charge in [0.2, 0.25) is 10.1 Å². The molecule has 0 aliphatic carbocycles. The number of hydrogen-bond donors (Lipinski definition) is 3. The van der Waals surface area contributed by atoms with Crippen molar-refractivity contribution in [1.82, 2.24) is 36.1 Å². The van der Waals surface area contributed by atoms with Gasteiger partial charge >= 0.3 is 0 Å². The maximum absolute atomic E-state index is 11.6. The summed E-state index contributed by atoms with van der Waals surface area (Å²) in [4.78, 5) is 11.6. The van der Waals surface area contributed by atoms with E-state index in [1.54, 1.807) is 7.05 Å². The summed E-state index contributed by atoms with van der Waals surface area (Å²) >= 11 is 1.17. The number of hydrogen-bond acceptors (Lipinski definition) is 8. The van der Waals surface area contributed by atoms with E-state index in [0.29, 0.717) is 11.0 Å². The molecule has 2 aromatic heterocycles. The first-order chi connectivity index (χ1) is 7.79. The van der Waals surface area contributed by atoms with Gasteiger partial charge in [-0.25, -0.2) is 0 Å². The Kier molecular flexibility index (Phi) is 3.00. The minimum Gasteiger partial charge on any atom is -0.363 e. The van der Waals surface area contributed by atoms with Crippen LogP contribution in [0.4, 0.5) is 5.13 Å². The first-order valence-electron chi connectivity index (χ1n) is 4.31. The van der Waals surface area contributed by atoms with E-state index in [2.05, 4.69) is 41.5 Å². The highest BCUT2D eigenvalue weighted by Gasteiger charge is 2.12. The van der Waals surface area contributed by atoms with Crippen molar-refractivity contribution in [3.05, 3.63) is 10.8 Å². The molecule has 2 aromatic rings. The zero-order chi connectivity index (χ0) is 11.4. The van der Waals surface area contributed by atoms with Crippen molar-refractivity contribution in [2.24, 2.45) is 0 Å². The lowest BCUT2D eigenvalue weighted by Gasteiger charge is -1.96. The second kappa shape index (κ2) is 4.61. The summed E-state index contributed by atoms with van der Waals surface area (Å²) in [5, 5.41) is 26.8. The van der Waals surface area contributed by atoms with E-state index in [-0.39, 0.29) is 17.5 Å². The van der Waals surface area contributed by atoms with Crippen LogP contribution in [0.1, 0.15) is 15.6 Å². The van der Waals surface area contributed by atoms with Gasteiger partial charge in [0.05, 0.1) is 6.54 Å². The molecule has 0 aliphatic heterocycles. The maximum atomic E-state index is 11.6. The van der Waals surface area contributed by atoms with Crippen molar-refractivity contribution in [3.8, 4) is 0 Å². The Bertz CT molecular complexity index is 465. The quantitative estimate of drug-likeness (QED) is 0.628. The molecule has 0 bridgehead atoms. The van der Waals surface area contributed by atoms with Crippen LogP contribution < -0.4 is 10.6 Å². The Morgan fingerprint density at radius 3 is 2.94 bits per heavy atom. The molecule has 0 fully saturated rings. The van der Waals surface area contributed by atoms with Crippen LogP contribution in [0.2, 0.25) is 0 Å². The first kappa shape index (κ1) is 10.4. The molecule has 0 unspecified atom stereocenters. The molecule has 0 saturated carbocycles. The van der Waals surface area contributed by atoms with Gasteiger partial charge in [0.15, 0.2) is 5.82 Å². The SMILES string of the molecule is CNc1nnc(C(=O)NCc2nn[nH]n2)s1. The fourth-order valence-electron chi connectivity index (χ4n) is 0.908. The predicted octanol–water partition coefficient (Wildman–Crippen LogP) is -0.977. The van der Waals surface area contributed by atoms with E-state index in [9.17, 15) is 4.79 Å². The Morgan fingerprint density at radius 2 is 2.31 bits per heavy atom. The van der Waals surface area contributed by atoms with Crippen LogP contribution in [0, 0.1) is 0 Å². The molecular weight excluding hydrogens is 232 g/mol. The number of carbonyl (C=O) groups is 1. The molecule has 2 heterocycles. The minimum atomic E-state index is -0.316. The molecule has 0 atom stereocenters. The topological polar surface area (TPSA) is 121 Å². The molecular formula is C6H8N8OS. The van der Waals surface area contributed by atoms with Gasteiger partial charge in [0.25, 0.3) is 5.91 Å². The Labute approximate surface area is 93.7 Å². The molecule has 16 heavy (non-hydrogen) atoms. The largest absolute Gasteiger partial charge is 0.363 e. The highest BCUT2D eigenvalue weighted by Crippen LogP contribution is 2.13. The van der Waals surface area contributed by atoms with Crippen LogP contribution in [0.15, 0.2) is 0 Å². The van der Waals surface area contributed by atoms with Gasteiger partial charge in [0, 0.05) is 7.05 Å². The monoisotopic (exact) mass is 240 g/mol. The average molecular weight is 240 g/mol. The number of H-pyrrole nitrogens is 1. The van der Waals surface area contributed by atoms with E-state index < -0.39 is 0 Å². The Hall–Kier alpha value is -2.10. The van der Waals surface area contributed by atoms with Crippen molar-refractivity contribution >= 4 is 22.4 Å². The zero-order valence-corrected chi connectivity index (χ0v) is 9.08. The van der Waals surface area contributed by atoms with Crippen LogP contribution in [-0.4, -0.2) is 43.8 Å². The molecule has 84 valence electrons. The Morgan fingerprint density at radius 1 is 1.44 bits per heavy atom. The molecule has 0 aromatic carbocycles. The summed E-state index contributed by atoms with van der Waals surface area (Å²) in [6.07, 6.45) is 0. The van der Waals surface area contributed by atoms with E-state index in [0.717, 1.165) is 0 Å². The fourth-order valence-corrected chi connectivity index (χ4v) is 1.52. The lowest BCUT2D eigenvalue weighted by atomic mass is 10.5. The van der Waals surface area contributed by atoms with E-state index in [4.69, 9.17) is 0 Å². The number of aromatic nitrogens is 6. The standard InChI is InChI=1S/C6H8N8OS/c1-7-6-12-11-5(16-6)4(15)8-2-3-9-13-14-10-3/h2H2,1H3,(H,7,12)(H,8,15)(H,9,10,13,14). The molecule has 0 spiro atoms. The normalized spacial score (nSPS) is 10.1. The van der Waals surface area contributed by atoms with Crippen molar-refractivity contribution in [2.75, 3.05) is 12.4 Å². The second-order valence-electron chi connectivity index (χ2n) is 2.67. The van der Waals surface area contributed by atoms with Gasteiger partial charge in [-0.2, -0.15) is 5.21 Å². The van der Waals surface area contributed by atoms with E-state index in [1.165, 1.54) is 11.3 Å². The zero-order valence-electron chi connectivity index (χ0n) is 8.26. The third-order valence-corrected chi connectivity index (χ3v) is 2.57. The number of rotatable bonds is 4. The summed E-state index contributed by atoms with van der Waals surface area (Å²) in [7, 11) is 1.71. The van der Waals surface area contributed by atoms with Crippen LogP contribution in [0.25, 0.3) is 0 Å². The first-order valence-corrected chi connectivity index (χ1v) is 5.13. The van der Waals surface area contributed by atoms with Gasteiger partial charge in [-0.3, -0.25) is 4.79 Å². The van der Waals surface area contributed by atoms with Crippen molar-refractivity contribution in [3.63, 3.8) is 0 Å². The molecule has 0 saturated heterocycles. The second-order valence-corrected chi connectivity index (χ2v) is 3.65. The number of anilines is 1. The minimum absolute atomic E-state index is 0.198. The van der Waals surface area contributed by atoms with Crippen LogP contribution in [0.3, 0.4) is 0 Å². The van der Waals surface area contributed by atoms with Gasteiger partial charge in [-0.05, 0) is 0 Å². The maximum Gasteiger partial charge on any atom is 0.282 e. The third kappa shape index (κ3) is 2.28. The summed E-state index contributed by atoms with van der Waals surface area (Å²) in [5.41, 5.74) is 0. The van der Waals surface area contributed by atoms with Crippen molar-refractivity contribution in [1.29, 1.82) is 0 Å². The lowest BCUT2D eigenvalue weighted by molar-refractivity contribution is 0.0949. The van der Waals surface area contributed by atoms with Crippen LogP contribution in [0.5, 0.6) is 0 Å². The van der Waals surface area contributed by atoms with Crippen LogP contribution >= 0.6 is 11.3 Å².